The van der Waals surface area contributed by atoms with Crippen LogP contribution in [0.25, 0.3) is 0 Å². The van der Waals surface area contributed by atoms with E-state index in [-0.39, 0.29) is 146 Å². The first kappa shape index (κ1) is 46.7. The van der Waals surface area contributed by atoms with E-state index in [9.17, 15) is 14.4 Å². The number of carbonyl (C=O) groups excluding carboxylic acids is 3. The molecule has 6 bridgehead atoms. The topological polar surface area (TPSA) is 359 Å². The van der Waals surface area contributed by atoms with Gasteiger partial charge in [-0.1, -0.05) is 0 Å². The summed E-state index contributed by atoms with van der Waals surface area (Å²) >= 11 is 0. The van der Waals surface area contributed by atoms with Gasteiger partial charge in [-0.2, -0.15) is 0 Å². The number of hydrogen-bond acceptors (Lipinski definition) is 12. The Hall–Kier alpha value is -5.28. The third-order valence-corrected chi connectivity index (χ3v) is 7.73. The summed E-state index contributed by atoms with van der Waals surface area (Å²) < 4.78 is 17.8. The van der Waals surface area contributed by atoms with E-state index in [0.717, 1.165) is 0 Å². The fraction of sp³-hybridized carbons (Fsp3) is 0.500. The van der Waals surface area contributed by atoms with Gasteiger partial charge < -0.3 is 63.6 Å². The lowest BCUT2D eigenvalue weighted by atomic mass is 10.1. The average Bonchev–Trinajstić information content (AvgIpc) is 3.76. The number of carbonyl (C=O) groups is 3. The van der Waals surface area contributed by atoms with Crippen LogP contribution in [0, 0.1) is 20.8 Å². The van der Waals surface area contributed by atoms with E-state index in [1.807, 2.05) is 0 Å². The molecule has 1 aliphatic rings. The zero-order chi connectivity index (χ0) is 37.2. The highest BCUT2D eigenvalue weighted by Crippen LogP contribution is 2.27. The molecule has 0 saturated carbocycles. The monoisotopic (exact) mass is 819 g/mol. The summed E-state index contributed by atoms with van der Waals surface area (Å²) in [6.45, 7) is 5.48. The fourth-order valence-corrected chi connectivity index (χ4v) is 5.29. The number of hydrogen-bond donors (Lipinski definition) is 9. The summed E-state index contributed by atoms with van der Waals surface area (Å²) in [6, 6.07) is -2.48. The van der Waals surface area contributed by atoms with E-state index >= 15 is 0 Å². The van der Waals surface area contributed by atoms with Crippen LogP contribution < -0.4 is 50.4 Å². The molecule has 3 atom stereocenters. The van der Waals surface area contributed by atoms with Crippen LogP contribution in [-0.4, -0.2) is 70.2 Å². The van der Waals surface area contributed by atoms with Crippen LogP contribution in [0.15, 0.2) is 28.2 Å². The number of amides is 3. The van der Waals surface area contributed by atoms with Gasteiger partial charge in [0.15, 0.2) is 35.0 Å². The molecule has 3 aromatic heterocycles. The lowest BCUT2D eigenvalue weighted by molar-refractivity contribution is 0.0915. The highest BCUT2D eigenvalue weighted by molar-refractivity contribution is 5.95. The Morgan fingerprint density at radius 2 is 0.759 bits per heavy atom. The maximum Gasteiger partial charge on any atom is 0.274 e. The summed E-state index contributed by atoms with van der Waals surface area (Å²) in [5, 5.41) is 8.64. The Morgan fingerprint density at radius 3 is 0.981 bits per heavy atom. The SMILES string of the molecule is Cc1oc2nc1C(=O)N[C@@H](CCCN=C(N)N)c1nc(c(C)o1)C(=O)N[C@@H](CCCN=C(N)N)c1nc(c(C)o1)C(=O)N[C@H]2CCCN=C(N)N.Cl.Cl.Cl. The second kappa shape index (κ2) is 21.4. The Bertz CT molecular complexity index is 1610. The van der Waals surface area contributed by atoms with Gasteiger partial charge in [0.1, 0.15) is 35.4 Å². The molecule has 1 aliphatic heterocycles. The number of fused-ring (bicyclic) bond motifs is 6. The molecule has 4 rings (SSSR count). The molecule has 0 saturated heterocycles. The van der Waals surface area contributed by atoms with Crippen molar-refractivity contribution < 1.29 is 27.6 Å². The van der Waals surface area contributed by atoms with Crippen molar-refractivity contribution in [3.8, 4) is 0 Å². The molecular formula is C30H48Cl3N15O6. The smallest absolute Gasteiger partial charge is 0.274 e. The van der Waals surface area contributed by atoms with Crippen LogP contribution in [0.3, 0.4) is 0 Å². The lowest BCUT2D eigenvalue weighted by Crippen LogP contribution is -2.32. The highest BCUT2D eigenvalue weighted by Gasteiger charge is 2.32. The standard InChI is InChI=1S/C30H45N15O6.3ClH/c1-13-19-22(46)40-17(8-5-11-38-29(33)34)26-44-21(15(3)50-26)24(48)42-18(9-6-12-39-30(35)36)27-45-20(14(2)51-27)23(47)41-16(25(43-19)49-13)7-4-10-37-28(31)32;;;/h16-18H,4-12H2,1-3H3,(H,40,46)(H,41,47)(H,42,48)(H4,31,32,37)(H4,33,34,38)(H4,35,36,39);3*1H/t16-,17-,18-;;;/m0.../s1. The predicted octanol–water partition coefficient (Wildman–Crippen LogP) is 0.729. The number of halogens is 3. The minimum atomic E-state index is -0.826. The van der Waals surface area contributed by atoms with E-state index in [0.29, 0.717) is 19.3 Å². The number of nitrogens with two attached hydrogens (primary N) is 6. The Kier molecular flexibility index (Phi) is 18.5. The van der Waals surface area contributed by atoms with Crippen LogP contribution in [0.1, 0.15) is 123 Å². The summed E-state index contributed by atoms with van der Waals surface area (Å²) in [7, 11) is 0. The first-order valence-electron chi connectivity index (χ1n) is 16.2. The molecule has 3 amide bonds. The van der Waals surface area contributed by atoms with E-state index in [2.05, 4.69) is 45.9 Å². The third-order valence-electron chi connectivity index (χ3n) is 7.73. The van der Waals surface area contributed by atoms with Crippen molar-refractivity contribution in [3.05, 3.63) is 52.0 Å². The van der Waals surface area contributed by atoms with E-state index in [1.165, 1.54) is 0 Å². The number of rotatable bonds is 12. The summed E-state index contributed by atoms with van der Waals surface area (Å²) in [5.74, 6) is -1.29. The van der Waals surface area contributed by atoms with Crippen molar-refractivity contribution in [2.75, 3.05) is 19.6 Å². The Morgan fingerprint density at radius 1 is 0.519 bits per heavy atom. The summed E-state index contributed by atoms with van der Waals surface area (Å²) in [6.07, 6.45) is 2.10. The Labute approximate surface area is 329 Å². The van der Waals surface area contributed by atoms with Gasteiger partial charge >= 0.3 is 0 Å². The number of oxazole rings is 3. The first-order valence-corrected chi connectivity index (χ1v) is 16.2. The van der Waals surface area contributed by atoms with E-state index in [1.54, 1.807) is 20.8 Å². The molecule has 0 unspecified atom stereocenters. The lowest BCUT2D eigenvalue weighted by Gasteiger charge is -2.16. The predicted molar refractivity (Wildman–Crippen MR) is 206 cm³/mol. The fourth-order valence-electron chi connectivity index (χ4n) is 5.29. The largest absolute Gasteiger partial charge is 0.443 e. The highest BCUT2D eigenvalue weighted by atomic mass is 35.5. The molecular weight excluding hydrogens is 773 g/mol. The minimum Gasteiger partial charge on any atom is -0.443 e. The summed E-state index contributed by atoms with van der Waals surface area (Å²) in [5.41, 5.74) is 32.8. The van der Waals surface area contributed by atoms with Crippen LogP contribution >= 0.6 is 37.2 Å². The molecule has 4 heterocycles. The first-order chi connectivity index (χ1) is 24.2. The number of aliphatic imine (C=N–C) groups is 3. The van der Waals surface area contributed by atoms with Gasteiger partial charge in [-0.05, 0) is 59.3 Å². The van der Waals surface area contributed by atoms with Crippen molar-refractivity contribution in [3.63, 3.8) is 0 Å². The van der Waals surface area contributed by atoms with Crippen molar-refractivity contribution in [1.82, 2.24) is 30.9 Å². The molecule has 0 aliphatic carbocycles. The Balaban J connectivity index is 0.00000486. The van der Waals surface area contributed by atoms with Crippen molar-refractivity contribution >= 4 is 72.8 Å². The van der Waals surface area contributed by atoms with Crippen LogP contribution in [0.5, 0.6) is 0 Å². The van der Waals surface area contributed by atoms with Crippen molar-refractivity contribution in [2.24, 2.45) is 49.4 Å². The van der Waals surface area contributed by atoms with Crippen LogP contribution in [0.2, 0.25) is 0 Å². The van der Waals surface area contributed by atoms with Crippen LogP contribution in [-0.2, 0) is 0 Å². The zero-order valence-electron chi connectivity index (χ0n) is 29.9. The quantitative estimate of drug-likeness (QED) is 0.0691. The van der Waals surface area contributed by atoms with Gasteiger partial charge in [-0.3, -0.25) is 29.4 Å². The van der Waals surface area contributed by atoms with Gasteiger partial charge in [-0.15, -0.1) is 37.2 Å². The number of aromatic nitrogens is 3. The van der Waals surface area contributed by atoms with E-state index < -0.39 is 35.8 Å². The molecule has 0 fully saturated rings. The molecule has 300 valence electrons. The van der Waals surface area contributed by atoms with E-state index in [4.69, 9.17) is 47.7 Å². The van der Waals surface area contributed by atoms with Crippen molar-refractivity contribution in [1.29, 1.82) is 0 Å². The second-order valence-electron chi connectivity index (χ2n) is 11.8. The maximum absolute atomic E-state index is 13.7. The molecule has 0 aromatic carbocycles. The minimum absolute atomic E-state index is 0. The normalized spacial score (nSPS) is 16.7. The van der Waals surface area contributed by atoms with Gasteiger partial charge in [0.05, 0.1) is 0 Å². The molecule has 21 nitrogen and oxygen atoms in total. The average molecular weight is 821 g/mol. The van der Waals surface area contributed by atoms with Gasteiger partial charge in [0.2, 0.25) is 17.7 Å². The molecule has 24 heteroatoms. The number of nitrogens with zero attached hydrogens (tertiary/aromatic N) is 6. The van der Waals surface area contributed by atoms with Gasteiger partial charge in [0.25, 0.3) is 17.7 Å². The van der Waals surface area contributed by atoms with Gasteiger partial charge in [-0.25, -0.2) is 15.0 Å². The summed E-state index contributed by atoms with van der Waals surface area (Å²) in [4.78, 5) is 66.5. The molecule has 0 radical (unpaired) electrons. The molecule has 0 spiro atoms. The number of nitrogens with one attached hydrogen (secondary N) is 3. The molecule has 3 aromatic rings. The molecule has 15 N–H and O–H groups in total. The molecule has 54 heavy (non-hydrogen) atoms. The van der Waals surface area contributed by atoms with Crippen LogP contribution in [0.4, 0.5) is 0 Å². The van der Waals surface area contributed by atoms with Crippen molar-refractivity contribution in [2.45, 2.75) is 77.4 Å². The number of guanidine groups is 3. The number of aryl methyl sites for hydroxylation is 3. The third kappa shape index (κ3) is 12.7. The zero-order valence-corrected chi connectivity index (χ0v) is 32.4. The second-order valence-corrected chi connectivity index (χ2v) is 11.8. The maximum atomic E-state index is 13.7. The van der Waals surface area contributed by atoms with Gasteiger partial charge in [0, 0.05) is 19.6 Å².